The topological polar surface area (TPSA) is 26.3 Å². The van der Waals surface area contributed by atoms with E-state index in [2.05, 4.69) is 49.7 Å². The van der Waals surface area contributed by atoms with Gasteiger partial charge in [0.1, 0.15) is 8.07 Å². The van der Waals surface area contributed by atoms with Crippen molar-refractivity contribution in [2.75, 3.05) is 7.11 Å². The van der Waals surface area contributed by atoms with Crippen LogP contribution in [0.1, 0.15) is 20.3 Å². The minimum absolute atomic E-state index is 0.129. The summed E-state index contributed by atoms with van der Waals surface area (Å²) in [6.45, 7) is 10.8. The first-order chi connectivity index (χ1) is 6.76. The van der Waals surface area contributed by atoms with Crippen LogP contribution in [0.15, 0.2) is 0 Å². The summed E-state index contributed by atoms with van der Waals surface area (Å²) in [6.07, 6.45) is 0.408. The van der Waals surface area contributed by atoms with Gasteiger partial charge in [0, 0.05) is 5.92 Å². The van der Waals surface area contributed by atoms with Crippen molar-refractivity contribution in [3.05, 3.63) is 0 Å². The third-order valence-corrected chi connectivity index (χ3v) is 2.95. The Hall–Kier alpha value is -0.753. The van der Waals surface area contributed by atoms with Gasteiger partial charge in [-0.25, -0.2) is 0 Å². The summed E-state index contributed by atoms with van der Waals surface area (Å²) in [7, 11) is 0.0820. The SMILES string of the molecule is COC(=O)C[C@H](C#C[Si](C)(C)C)C(C)C. The van der Waals surface area contributed by atoms with E-state index in [-0.39, 0.29) is 11.9 Å². The molecule has 0 radical (unpaired) electrons. The van der Waals surface area contributed by atoms with E-state index in [1.54, 1.807) is 0 Å². The zero-order chi connectivity index (χ0) is 12.1. The van der Waals surface area contributed by atoms with Gasteiger partial charge < -0.3 is 4.74 Å². The van der Waals surface area contributed by atoms with Crippen LogP contribution in [0, 0.1) is 23.3 Å². The maximum Gasteiger partial charge on any atom is 0.306 e. The van der Waals surface area contributed by atoms with Gasteiger partial charge in [-0.05, 0) is 5.92 Å². The van der Waals surface area contributed by atoms with Gasteiger partial charge in [-0.15, -0.1) is 11.5 Å². The summed E-state index contributed by atoms with van der Waals surface area (Å²) < 4.78 is 4.67. The third kappa shape index (κ3) is 7.21. The molecule has 0 aromatic rings. The highest BCUT2D eigenvalue weighted by Crippen LogP contribution is 2.15. The monoisotopic (exact) mass is 226 g/mol. The lowest BCUT2D eigenvalue weighted by atomic mass is 9.94. The molecule has 0 unspecified atom stereocenters. The quantitative estimate of drug-likeness (QED) is 0.420. The number of ether oxygens (including phenoxy) is 1. The van der Waals surface area contributed by atoms with Crippen LogP contribution < -0.4 is 0 Å². The van der Waals surface area contributed by atoms with E-state index >= 15 is 0 Å². The Morgan fingerprint density at radius 1 is 1.33 bits per heavy atom. The van der Waals surface area contributed by atoms with Gasteiger partial charge in [-0.3, -0.25) is 4.79 Å². The van der Waals surface area contributed by atoms with E-state index in [1.165, 1.54) is 7.11 Å². The predicted molar refractivity (Wildman–Crippen MR) is 66.1 cm³/mol. The number of methoxy groups -OCH3 is 1. The molecule has 0 rings (SSSR count). The maximum absolute atomic E-state index is 11.2. The molecule has 0 bridgehead atoms. The van der Waals surface area contributed by atoms with Crippen molar-refractivity contribution in [3.8, 4) is 11.5 Å². The van der Waals surface area contributed by atoms with E-state index in [4.69, 9.17) is 0 Å². The van der Waals surface area contributed by atoms with Crippen LogP contribution in [0.3, 0.4) is 0 Å². The maximum atomic E-state index is 11.2. The van der Waals surface area contributed by atoms with Crippen LogP contribution in [0.25, 0.3) is 0 Å². The molecule has 0 fully saturated rings. The van der Waals surface area contributed by atoms with Gasteiger partial charge in [0.15, 0.2) is 0 Å². The van der Waals surface area contributed by atoms with Crippen molar-refractivity contribution < 1.29 is 9.53 Å². The molecule has 0 saturated carbocycles. The first-order valence-corrected chi connectivity index (χ1v) is 8.86. The minimum atomic E-state index is -1.34. The second kappa shape index (κ2) is 5.97. The highest BCUT2D eigenvalue weighted by atomic mass is 28.3. The van der Waals surface area contributed by atoms with Crippen LogP contribution in [-0.2, 0) is 9.53 Å². The Kier molecular flexibility index (Phi) is 5.67. The lowest BCUT2D eigenvalue weighted by Crippen LogP contribution is -2.19. The molecule has 3 heteroatoms. The Morgan fingerprint density at radius 3 is 2.20 bits per heavy atom. The molecule has 15 heavy (non-hydrogen) atoms. The molecule has 0 aromatic carbocycles. The molecule has 2 nitrogen and oxygen atoms in total. The van der Waals surface area contributed by atoms with Crippen molar-refractivity contribution in [3.63, 3.8) is 0 Å². The number of hydrogen-bond acceptors (Lipinski definition) is 2. The van der Waals surface area contributed by atoms with E-state index in [1.807, 2.05) is 0 Å². The van der Waals surface area contributed by atoms with Crippen molar-refractivity contribution in [2.24, 2.45) is 11.8 Å². The molecule has 0 spiro atoms. The lowest BCUT2D eigenvalue weighted by Gasteiger charge is -2.14. The highest BCUT2D eigenvalue weighted by Gasteiger charge is 2.16. The van der Waals surface area contributed by atoms with Crippen LogP contribution in [-0.4, -0.2) is 21.2 Å². The Balaban J connectivity index is 4.53. The average molecular weight is 226 g/mol. The molecule has 0 N–H and O–H groups in total. The largest absolute Gasteiger partial charge is 0.469 e. The van der Waals surface area contributed by atoms with Crippen LogP contribution in [0.5, 0.6) is 0 Å². The average Bonchev–Trinajstić information content (AvgIpc) is 2.09. The van der Waals surface area contributed by atoms with Gasteiger partial charge in [0.05, 0.1) is 13.5 Å². The molecule has 0 aromatic heterocycles. The van der Waals surface area contributed by atoms with Crippen LogP contribution in [0.2, 0.25) is 19.6 Å². The molecule has 1 atom stereocenters. The summed E-state index contributed by atoms with van der Waals surface area (Å²) in [5.74, 6) is 3.59. The van der Waals surface area contributed by atoms with E-state index in [9.17, 15) is 4.79 Å². The fourth-order valence-electron chi connectivity index (χ4n) is 1.03. The highest BCUT2D eigenvalue weighted by molar-refractivity contribution is 6.83. The third-order valence-electron chi connectivity index (χ3n) is 2.05. The smallest absolute Gasteiger partial charge is 0.306 e. The summed E-state index contributed by atoms with van der Waals surface area (Å²) in [5.41, 5.74) is 3.31. The Labute approximate surface area is 94.4 Å². The molecular weight excluding hydrogens is 204 g/mol. The van der Waals surface area contributed by atoms with E-state index in [0.29, 0.717) is 12.3 Å². The molecule has 0 saturated heterocycles. The lowest BCUT2D eigenvalue weighted by molar-refractivity contribution is -0.141. The van der Waals surface area contributed by atoms with Crippen molar-refractivity contribution in [1.29, 1.82) is 0 Å². The molecule has 0 heterocycles. The summed E-state index contributed by atoms with van der Waals surface area (Å²) in [6, 6.07) is 0. The molecule has 86 valence electrons. The molecule has 0 amide bonds. The van der Waals surface area contributed by atoms with Gasteiger partial charge in [-0.1, -0.05) is 33.5 Å². The molecule has 0 aliphatic rings. The fraction of sp³-hybridized carbons (Fsp3) is 0.750. The Morgan fingerprint density at radius 2 is 1.87 bits per heavy atom. The van der Waals surface area contributed by atoms with Gasteiger partial charge in [0.25, 0.3) is 0 Å². The number of carbonyl (C=O) groups is 1. The molecule has 0 aliphatic carbocycles. The van der Waals surface area contributed by atoms with Gasteiger partial charge in [0.2, 0.25) is 0 Å². The minimum Gasteiger partial charge on any atom is -0.469 e. The number of rotatable bonds is 3. The van der Waals surface area contributed by atoms with Gasteiger partial charge >= 0.3 is 5.97 Å². The first kappa shape index (κ1) is 14.2. The second-order valence-electron chi connectivity index (χ2n) is 5.15. The molecular formula is C12H22O2Si. The first-order valence-electron chi connectivity index (χ1n) is 5.36. The van der Waals surface area contributed by atoms with Gasteiger partial charge in [-0.2, -0.15) is 0 Å². The van der Waals surface area contributed by atoms with Crippen LogP contribution in [0.4, 0.5) is 0 Å². The second-order valence-corrected chi connectivity index (χ2v) is 9.90. The predicted octanol–water partition coefficient (Wildman–Crippen LogP) is 2.70. The molecule has 0 aliphatic heterocycles. The zero-order valence-corrected chi connectivity index (χ0v) is 11.7. The normalized spacial score (nSPS) is 13.0. The summed E-state index contributed by atoms with van der Waals surface area (Å²) >= 11 is 0. The summed E-state index contributed by atoms with van der Waals surface area (Å²) in [4.78, 5) is 11.2. The van der Waals surface area contributed by atoms with Crippen molar-refractivity contribution >= 4 is 14.0 Å². The number of carbonyl (C=O) groups excluding carboxylic acids is 1. The zero-order valence-electron chi connectivity index (χ0n) is 10.7. The van der Waals surface area contributed by atoms with Crippen LogP contribution >= 0.6 is 0 Å². The fourth-order valence-corrected chi connectivity index (χ4v) is 1.64. The number of hydrogen-bond donors (Lipinski definition) is 0. The Bertz CT molecular complexity index is 266. The van der Waals surface area contributed by atoms with Crippen molar-refractivity contribution in [2.45, 2.75) is 39.9 Å². The van der Waals surface area contributed by atoms with E-state index < -0.39 is 8.07 Å². The summed E-state index contributed by atoms with van der Waals surface area (Å²) in [5, 5.41) is 0. The van der Waals surface area contributed by atoms with Crippen molar-refractivity contribution in [1.82, 2.24) is 0 Å². The standard InChI is InChI=1S/C12H22O2Si/c1-10(2)11(9-12(13)14-3)7-8-15(4,5)6/h10-11H,9H2,1-6H3/t11-/m0/s1. The van der Waals surface area contributed by atoms with E-state index in [0.717, 1.165) is 0 Å². The number of esters is 1.